The Hall–Kier alpha value is -0.910. The van der Waals surface area contributed by atoms with Gasteiger partial charge in [0.2, 0.25) is 0 Å². The molecule has 0 radical (unpaired) electrons. The van der Waals surface area contributed by atoms with Crippen molar-refractivity contribution in [3.63, 3.8) is 0 Å². The fourth-order valence-corrected chi connectivity index (χ4v) is 1.51. The Labute approximate surface area is 91.2 Å². The number of rotatable bonds is 1. The minimum absolute atomic E-state index is 0.162. The second-order valence-corrected chi connectivity index (χ2v) is 3.67. The van der Waals surface area contributed by atoms with Crippen LogP contribution in [-0.2, 0) is 0 Å². The van der Waals surface area contributed by atoms with Crippen LogP contribution >= 0.6 is 15.9 Å². The molecule has 1 rings (SSSR count). The highest BCUT2D eigenvalue weighted by molar-refractivity contribution is 9.10. The first-order valence-electron chi connectivity index (χ1n) is 3.81. The van der Waals surface area contributed by atoms with Gasteiger partial charge in [-0.3, -0.25) is 4.79 Å². The van der Waals surface area contributed by atoms with Crippen LogP contribution in [0.25, 0.3) is 0 Å². The highest BCUT2D eigenvalue weighted by Crippen LogP contribution is 2.30. The average Bonchev–Trinajstić information content (AvgIpc) is 2.10. The fourth-order valence-electron chi connectivity index (χ4n) is 1.01. The van der Waals surface area contributed by atoms with Crippen molar-refractivity contribution in [1.82, 2.24) is 0 Å². The molecule has 6 heteroatoms. The molecule has 1 aromatic carbocycles. The number of hydrogen-bond donors (Lipinski definition) is 0. The highest BCUT2D eigenvalue weighted by atomic mass is 79.9. The van der Waals surface area contributed by atoms with Crippen LogP contribution < -0.4 is 0 Å². The zero-order valence-electron chi connectivity index (χ0n) is 7.45. The Morgan fingerprint density at radius 1 is 1.33 bits per heavy atom. The number of carbonyl (C=O) groups is 1. The smallest absolute Gasteiger partial charge is 0.284 e. The van der Waals surface area contributed by atoms with E-state index in [4.69, 9.17) is 0 Å². The molecule has 1 aromatic rings. The minimum Gasteiger partial charge on any atom is -0.284 e. The Morgan fingerprint density at radius 2 is 1.87 bits per heavy atom. The van der Waals surface area contributed by atoms with Crippen molar-refractivity contribution in [2.45, 2.75) is 13.1 Å². The van der Waals surface area contributed by atoms with E-state index in [9.17, 15) is 22.4 Å². The summed E-state index contributed by atoms with van der Waals surface area (Å²) in [5, 5.41) is 0. The zero-order valence-corrected chi connectivity index (χ0v) is 9.04. The maximum absolute atomic E-state index is 13.1. The number of benzene rings is 1. The maximum atomic E-state index is 13.1. The van der Waals surface area contributed by atoms with Gasteiger partial charge in [0, 0.05) is 4.47 Å². The van der Waals surface area contributed by atoms with Crippen molar-refractivity contribution in [3.8, 4) is 0 Å². The van der Waals surface area contributed by atoms with Crippen LogP contribution in [0, 0.1) is 12.7 Å². The summed E-state index contributed by atoms with van der Waals surface area (Å²) >= 11 is 2.76. The van der Waals surface area contributed by atoms with Gasteiger partial charge in [-0.25, -0.2) is 4.39 Å². The molecule has 0 bridgehead atoms. The first-order valence-corrected chi connectivity index (χ1v) is 4.60. The molecule has 0 fully saturated rings. The van der Waals surface area contributed by atoms with Crippen LogP contribution in [0.5, 0.6) is 0 Å². The molecular formula is C9H5BrF4O. The summed E-state index contributed by atoms with van der Waals surface area (Å²) in [4.78, 5) is 10.9. The number of aryl methyl sites for hydroxylation is 1. The predicted molar refractivity (Wildman–Crippen MR) is 49.2 cm³/mol. The van der Waals surface area contributed by atoms with Gasteiger partial charge in [0.1, 0.15) is 5.82 Å². The van der Waals surface area contributed by atoms with E-state index in [2.05, 4.69) is 15.9 Å². The first kappa shape index (κ1) is 12.2. The van der Waals surface area contributed by atoms with Crippen LogP contribution in [0.15, 0.2) is 16.6 Å². The van der Waals surface area contributed by atoms with Crippen molar-refractivity contribution in [1.29, 1.82) is 0 Å². The summed E-state index contributed by atoms with van der Waals surface area (Å²) in [6.07, 6.45) is -5.07. The standard InChI is InChI=1S/C9H5BrF4O/c1-4-2-3-5(11)6(7(4)10)8(15)9(12,13)14/h2-3H,1H3. The summed E-state index contributed by atoms with van der Waals surface area (Å²) in [6.45, 7) is 1.47. The second kappa shape index (κ2) is 3.92. The molecule has 0 spiro atoms. The van der Waals surface area contributed by atoms with Crippen LogP contribution in [0.1, 0.15) is 15.9 Å². The molecule has 0 aliphatic heterocycles. The monoisotopic (exact) mass is 284 g/mol. The molecule has 0 N–H and O–H groups in total. The van der Waals surface area contributed by atoms with Gasteiger partial charge < -0.3 is 0 Å². The van der Waals surface area contributed by atoms with Gasteiger partial charge in [-0.2, -0.15) is 13.2 Å². The molecule has 0 unspecified atom stereocenters. The lowest BCUT2D eigenvalue weighted by Crippen LogP contribution is -2.24. The molecule has 0 atom stereocenters. The Morgan fingerprint density at radius 3 is 2.33 bits per heavy atom. The molecule has 82 valence electrons. The topological polar surface area (TPSA) is 17.1 Å². The highest BCUT2D eigenvalue weighted by Gasteiger charge is 2.41. The molecule has 15 heavy (non-hydrogen) atoms. The van der Waals surface area contributed by atoms with Crippen LogP contribution in [0.4, 0.5) is 17.6 Å². The normalized spacial score (nSPS) is 11.6. The molecule has 0 aromatic heterocycles. The SMILES string of the molecule is Cc1ccc(F)c(C(=O)C(F)(F)F)c1Br. The van der Waals surface area contributed by atoms with Crippen molar-refractivity contribution >= 4 is 21.7 Å². The molecular weight excluding hydrogens is 280 g/mol. The van der Waals surface area contributed by atoms with Crippen molar-refractivity contribution in [2.75, 3.05) is 0 Å². The van der Waals surface area contributed by atoms with Gasteiger partial charge in [0.15, 0.2) is 0 Å². The minimum atomic E-state index is -5.07. The van der Waals surface area contributed by atoms with Crippen LogP contribution in [-0.4, -0.2) is 12.0 Å². The van der Waals surface area contributed by atoms with Gasteiger partial charge in [0.25, 0.3) is 5.78 Å². The van der Waals surface area contributed by atoms with E-state index in [0.29, 0.717) is 5.56 Å². The lowest BCUT2D eigenvalue weighted by Gasteiger charge is -2.09. The number of alkyl halides is 3. The third-order valence-corrected chi connectivity index (χ3v) is 2.79. The predicted octanol–water partition coefficient (Wildman–Crippen LogP) is 3.64. The van der Waals surface area contributed by atoms with Gasteiger partial charge in [-0.15, -0.1) is 0 Å². The number of Topliss-reactive ketones (excluding diaryl/α,β-unsaturated/α-hetero) is 1. The summed E-state index contributed by atoms with van der Waals surface area (Å²) in [5.41, 5.74) is -0.605. The Kier molecular flexibility index (Phi) is 3.18. The largest absolute Gasteiger partial charge is 0.455 e. The van der Waals surface area contributed by atoms with E-state index < -0.39 is 23.3 Å². The lowest BCUT2D eigenvalue weighted by atomic mass is 10.1. The molecule has 0 aliphatic rings. The quantitative estimate of drug-likeness (QED) is 0.568. The number of hydrogen-bond acceptors (Lipinski definition) is 1. The van der Waals surface area contributed by atoms with Gasteiger partial charge in [-0.05, 0) is 34.5 Å². The van der Waals surface area contributed by atoms with E-state index in [1.54, 1.807) is 0 Å². The van der Waals surface area contributed by atoms with Gasteiger partial charge >= 0.3 is 6.18 Å². The van der Waals surface area contributed by atoms with Crippen molar-refractivity contribution in [2.24, 2.45) is 0 Å². The number of carbonyl (C=O) groups excluding carboxylic acids is 1. The van der Waals surface area contributed by atoms with E-state index in [1.165, 1.54) is 13.0 Å². The third kappa shape index (κ3) is 2.37. The van der Waals surface area contributed by atoms with Crippen molar-refractivity contribution in [3.05, 3.63) is 33.5 Å². The van der Waals surface area contributed by atoms with E-state index in [0.717, 1.165) is 6.07 Å². The first-order chi connectivity index (χ1) is 6.75. The third-order valence-electron chi connectivity index (χ3n) is 1.77. The molecule has 0 saturated heterocycles. The Bertz CT molecular complexity index is 411. The van der Waals surface area contributed by atoms with Crippen LogP contribution in [0.3, 0.4) is 0 Å². The molecule has 0 heterocycles. The summed E-state index contributed by atoms with van der Waals surface area (Å²) in [6, 6.07) is 2.12. The molecule has 0 aliphatic carbocycles. The summed E-state index contributed by atoms with van der Waals surface area (Å²) in [7, 11) is 0. The molecule has 0 amide bonds. The van der Waals surface area contributed by atoms with E-state index >= 15 is 0 Å². The molecule has 1 nitrogen and oxygen atoms in total. The summed E-state index contributed by atoms with van der Waals surface area (Å²) in [5.74, 6) is -3.37. The van der Waals surface area contributed by atoms with Gasteiger partial charge in [-0.1, -0.05) is 6.07 Å². The number of halogens is 5. The number of ketones is 1. The van der Waals surface area contributed by atoms with Crippen molar-refractivity contribution < 1.29 is 22.4 Å². The van der Waals surface area contributed by atoms with Gasteiger partial charge in [0.05, 0.1) is 5.56 Å². The fraction of sp³-hybridized carbons (Fsp3) is 0.222. The van der Waals surface area contributed by atoms with E-state index in [1.807, 2.05) is 0 Å². The van der Waals surface area contributed by atoms with E-state index in [-0.39, 0.29) is 4.47 Å². The zero-order chi connectivity index (χ0) is 11.8. The van der Waals surface area contributed by atoms with Crippen LogP contribution in [0.2, 0.25) is 0 Å². The lowest BCUT2D eigenvalue weighted by molar-refractivity contribution is -0.0888. The maximum Gasteiger partial charge on any atom is 0.455 e. The summed E-state index contributed by atoms with van der Waals surface area (Å²) < 4.78 is 49.2. The second-order valence-electron chi connectivity index (χ2n) is 2.88. The average molecular weight is 285 g/mol. The Balaban J connectivity index is 3.38. The molecule has 0 saturated carbocycles.